The Morgan fingerprint density at radius 3 is 2.80 bits per heavy atom. The van der Waals surface area contributed by atoms with Gasteiger partial charge in [0, 0.05) is 19.2 Å². The first-order valence-corrected chi connectivity index (χ1v) is 3.45. The van der Waals surface area contributed by atoms with E-state index < -0.39 is 0 Å². The molecule has 3 heteroatoms. The van der Waals surface area contributed by atoms with Gasteiger partial charge in [-0.3, -0.25) is 9.79 Å². The molecule has 0 N–H and O–H groups in total. The van der Waals surface area contributed by atoms with E-state index in [2.05, 4.69) is 4.99 Å². The highest BCUT2D eigenvalue weighted by molar-refractivity contribution is 5.71. The van der Waals surface area contributed by atoms with Crippen molar-refractivity contribution in [2.24, 2.45) is 4.99 Å². The fraction of sp³-hybridized carbons (Fsp3) is 0.714. The van der Waals surface area contributed by atoms with Crippen molar-refractivity contribution < 1.29 is 9.53 Å². The largest absolute Gasteiger partial charge is 0.460 e. The maximum atomic E-state index is 10.5. The minimum Gasteiger partial charge on any atom is -0.460 e. The van der Waals surface area contributed by atoms with E-state index in [9.17, 15) is 4.79 Å². The van der Waals surface area contributed by atoms with Crippen LogP contribution >= 0.6 is 0 Å². The maximum absolute atomic E-state index is 10.5. The summed E-state index contributed by atoms with van der Waals surface area (Å²) < 4.78 is 4.70. The summed E-state index contributed by atoms with van der Waals surface area (Å²) in [7, 11) is 0. The van der Waals surface area contributed by atoms with E-state index in [1.165, 1.54) is 0 Å². The number of esters is 1. The van der Waals surface area contributed by atoms with E-state index in [1.807, 2.05) is 6.92 Å². The normalized spacial score (nSPS) is 10.2. The number of carbonyl (C=O) groups excluding carboxylic acids is 1. The number of hydrogen-bond acceptors (Lipinski definition) is 3. The lowest BCUT2D eigenvalue weighted by atomic mass is 10.5. The monoisotopic (exact) mass is 143 g/mol. The van der Waals surface area contributed by atoms with Gasteiger partial charge >= 0.3 is 5.97 Å². The highest BCUT2D eigenvalue weighted by Gasteiger charge is 1.93. The Hall–Kier alpha value is -0.860. The van der Waals surface area contributed by atoms with Crippen molar-refractivity contribution in [2.75, 3.05) is 13.2 Å². The first-order valence-electron chi connectivity index (χ1n) is 3.45. The van der Waals surface area contributed by atoms with E-state index in [-0.39, 0.29) is 5.97 Å². The van der Waals surface area contributed by atoms with Crippen molar-refractivity contribution in [2.45, 2.75) is 20.3 Å². The SMILES string of the molecule is CCN=CCOC(=O)CC. The van der Waals surface area contributed by atoms with Crippen LogP contribution in [0.15, 0.2) is 4.99 Å². The van der Waals surface area contributed by atoms with E-state index in [0.29, 0.717) is 13.0 Å². The molecule has 0 fully saturated rings. The Kier molecular flexibility index (Phi) is 5.72. The molecule has 0 radical (unpaired) electrons. The van der Waals surface area contributed by atoms with E-state index in [4.69, 9.17) is 4.74 Å². The van der Waals surface area contributed by atoms with Gasteiger partial charge in [-0.25, -0.2) is 0 Å². The van der Waals surface area contributed by atoms with Gasteiger partial charge in [-0.1, -0.05) is 6.92 Å². The predicted octanol–water partition coefficient (Wildman–Crippen LogP) is 1.03. The lowest BCUT2D eigenvalue weighted by molar-refractivity contribution is -0.141. The van der Waals surface area contributed by atoms with Gasteiger partial charge in [-0.05, 0) is 6.92 Å². The molecule has 0 aliphatic rings. The summed E-state index contributed by atoms with van der Waals surface area (Å²) in [5, 5.41) is 0. The van der Waals surface area contributed by atoms with Crippen molar-refractivity contribution >= 4 is 12.2 Å². The van der Waals surface area contributed by atoms with Gasteiger partial charge in [0.15, 0.2) is 0 Å². The third-order valence-corrected chi connectivity index (χ3v) is 0.919. The van der Waals surface area contributed by atoms with Crippen LogP contribution in [0.4, 0.5) is 0 Å². The molecular formula is C7H13NO2. The van der Waals surface area contributed by atoms with Gasteiger partial charge in [0.2, 0.25) is 0 Å². The second-order valence-corrected chi connectivity index (χ2v) is 1.72. The first kappa shape index (κ1) is 9.14. The average molecular weight is 143 g/mol. The summed E-state index contributed by atoms with van der Waals surface area (Å²) in [4.78, 5) is 14.4. The first-order chi connectivity index (χ1) is 4.81. The Morgan fingerprint density at radius 2 is 2.30 bits per heavy atom. The molecule has 0 spiro atoms. The summed E-state index contributed by atoms with van der Waals surface area (Å²) >= 11 is 0. The molecule has 0 amide bonds. The maximum Gasteiger partial charge on any atom is 0.305 e. The van der Waals surface area contributed by atoms with Crippen molar-refractivity contribution in [3.05, 3.63) is 0 Å². The average Bonchev–Trinajstić information content (AvgIpc) is 1.98. The van der Waals surface area contributed by atoms with Gasteiger partial charge < -0.3 is 4.74 Å². The van der Waals surface area contributed by atoms with E-state index >= 15 is 0 Å². The Morgan fingerprint density at radius 1 is 1.60 bits per heavy atom. The molecular weight excluding hydrogens is 130 g/mol. The zero-order valence-electron chi connectivity index (χ0n) is 6.46. The summed E-state index contributed by atoms with van der Waals surface area (Å²) in [6, 6.07) is 0. The summed E-state index contributed by atoms with van der Waals surface area (Å²) in [6.07, 6.45) is 2.04. The fourth-order valence-corrected chi connectivity index (χ4v) is 0.414. The van der Waals surface area contributed by atoms with Crippen LogP contribution in [-0.2, 0) is 9.53 Å². The molecule has 0 aliphatic carbocycles. The molecule has 3 nitrogen and oxygen atoms in total. The molecule has 0 saturated heterocycles. The molecule has 58 valence electrons. The molecule has 0 aromatic heterocycles. The van der Waals surface area contributed by atoms with Crippen LogP contribution in [0, 0.1) is 0 Å². The number of nitrogens with zero attached hydrogens (tertiary/aromatic N) is 1. The second kappa shape index (κ2) is 6.26. The number of rotatable bonds is 4. The standard InChI is InChI=1S/C7H13NO2/c1-3-7(9)10-6-5-8-4-2/h5H,3-4,6H2,1-2H3. The minimum atomic E-state index is -0.178. The minimum absolute atomic E-state index is 0.178. The molecule has 0 rings (SSSR count). The molecule has 0 aliphatic heterocycles. The van der Waals surface area contributed by atoms with Crippen molar-refractivity contribution in [1.29, 1.82) is 0 Å². The Bertz CT molecular complexity index is 121. The van der Waals surface area contributed by atoms with Crippen LogP contribution in [0.5, 0.6) is 0 Å². The number of hydrogen-bond donors (Lipinski definition) is 0. The lowest BCUT2D eigenvalue weighted by Gasteiger charge is -1.95. The molecule has 0 saturated carbocycles. The van der Waals surface area contributed by atoms with Gasteiger partial charge in [-0.2, -0.15) is 0 Å². The van der Waals surface area contributed by atoms with Gasteiger partial charge in [0.1, 0.15) is 6.61 Å². The smallest absolute Gasteiger partial charge is 0.305 e. The molecule has 0 aromatic rings. The molecule has 0 aromatic carbocycles. The number of aliphatic imine (C=N–C) groups is 1. The number of ether oxygens (including phenoxy) is 1. The van der Waals surface area contributed by atoms with Crippen molar-refractivity contribution in [3.8, 4) is 0 Å². The van der Waals surface area contributed by atoms with Crippen LogP contribution in [0.3, 0.4) is 0 Å². The molecule has 0 atom stereocenters. The fourth-order valence-electron chi connectivity index (χ4n) is 0.414. The Labute approximate surface area is 61.1 Å². The van der Waals surface area contributed by atoms with Crippen LogP contribution in [0.25, 0.3) is 0 Å². The number of carbonyl (C=O) groups is 1. The summed E-state index contributed by atoms with van der Waals surface area (Å²) in [5.74, 6) is -0.178. The summed E-state index contributed by atoms with van der Waals surface area (Å²) in [5.41, 5.74) is 0. The van der Waals surface area contributed by atoms with E-state index in [1.54, 1.807) is 13.1 Å². The van der Waals surface area contributed by atoms with E-state index in [0.717, 1.165) is 6.54 Å². The topological polar surface area (TPSA) is 38.7 Å². The highest BCUT2D eigenvalue weighted by atomic mass is 16.5. The Balaban J connectivity index is 3.19. The highest BCUT2D eigenvalue weighted by Crippen LogP contribution is 1.81. The molecule has 0 unspecified atom stereocenters. The van der Waals surface area contributed by atoms with Crippen LogP contribution < -0.4 is 0 Å². The van der Waals surface area contributed by atoms with Crippen molar-refractivity contribution in [1.82, 2.24) is 0 Å². The third kappa shape index (κ3) is 5.28. The van der Waals surface area contributed by atoms with Crippen LogP contribution in [0.2, 0.25) is 0 Å². The third-order valence-electron chi connectivity index (χ3n) is 0.919. The van der Waals surface area contributed by atoms with Gasteiger partial charge in [0.05, 0.1) is 0 Å². The quantitative estimate of drug-likeness (QED) is 0.435. The van der Waals surface area contributed by atoms with Gasteiger partial charge in [-0.15, -0.1) is 0 Å². The second-order valence-electron chi connectivity index (χ2n) is 1.72. The summed E-state index contributed by atoms with van der Waals surface area (Å²) in [6.45, 7) is 4.74. The molecule has 0 heterocycles. The predicted molar refractivity (Wildman–Crippen MR) is 40.3 cm³/mol. The van der Waals surface area contributed by atoms with Crippen LogP contribution in [-0.4, -0.2) is 25.3 Å². The van der Waals surface area contributed by atoms with Crippen molar-refractivity contribution in [3.63, 3.8) is 0 Å². The lowest BCUT2D eigenvalue weighted by Crippen LogP contribution is -2.04. The zero-order chi connectivity index (χ0) is 7.82. The van der Waals surface area contributed by atoms with Gasteiger partial charge in [0.25, 0.3) is 0 Å². The molecule has 0 bridgehead atoms. The van der Waals surface area contributed by atoms with Crippen LogP contribution in [0.1, 0.15) is 20.3 Å². The zero-order valence-corrected chi connectivity index (χ0v) is 6.46. The molecule has 10 heavy (non-hydrogen) atoms.